The fourth-order valence-electron chi connectivity index (χ4n) is 4.83. The molecular formula is C28H26N6O7. The van der Waals surface area contributed by atoms with E-state index in [4.69, 9.17) is 14.5 Å². The Bertz CT molecular complexity index is 1700. The van der Waals surface area contributed by atoms with Crippen LogP contribution in [0.3, 0.4) is 0 Å². The van der Waals surface area contributed by atoms with Gasteiger partial charge < -0.3 is 9.47 Å². The zero-order valence-electron chi connectivity index (χ0n) is 22.1. The molecule has 2 heterocycles. The van der Waals surface area contributed by atoms with Crippen molar-refractivity contribution in [2.24, 2.45) is 5.10 Å². The van der Waals surface area contributed by atoms with E-state index in [-0.39, 0.29) is 41.2 Å². The van der Waals surface area contributed by atoms with Crippen molar-refractivity contribution in [2.75, 3.05) is 6.61 Å². The highest BCUT2D eigenvalue weighted by atomic mass is 16.6. The van der Waals surface area contributed by atoms with Crippen LogP contribution in [0.1, 0.15) is 56.3 Å². The minimum absolute atomic E-state index is 0.0415. The monoisotopic (exact) mass is 558 g/mol. The summed E-state index contributed by atoms with van der Waals surface area (Å²) in [5.74, 6) is 0.361. The summed E-state index contributed by atoms with van der Waals surface area (Å²) in [7, 11) is 0. The molecule has 0 atom stereocenters. The number of pyridine rings is 1. The molecule has 13 nitrogen and oxygen atoms in total. The van der Waals surface area contributed by atoms with Crippen molar-refractivity contribution in [3.05, 3.63) is 96.7 Å². The Morgan fingerprint density at radius 2 is 1.85 bits per heavy atom. The average molecular weight is 559 g/mol. The fraction of sp³-hybridized carbons (Fsp3) is 0.286. The minimum atomic E-state index is -0.641. The molecule has 1 aliphatic carbocycles. The van der Waals surface area contributed by atoms with E-state index in [9.17, 15) is 25.0 Å². The Labute approximate surface area is 233 Å². The maximum absolute atomic E-state index is 13.5. The van der Waals surface area contributed by atoms with Gasteiger partial charge in [-0.15, -0.1) is 0 Å². The summed E-state index contributed by atoms with van der Waals surface area (Å²) in [6, 6.07) is 12.2. The Morgan fingerprint density at radius 3 is 2.54 bits per heavy atom. The molecule has 0 aliphatic heterocycles. The lowest BCUT2D eigenvalue weighted by atomic mass is 9.88. The van der Waals surface area contributed by atoms with Gasteiger partial charge in [-0.05, 0) is 38.0 Å². The van der Waals surface area contributed by atoms with E-state index in [2.05, 4.69) is 10.1 Å². The lowest BCUT2D eigenvalue weighted by Gasteiger charge is -2.22. The summed E-state index contributed by atoms with van der Waals surface area (Å²) in [6.07, 6.45) is 7.32. The summed E-state index contributed by atoms with van der Waals surface area (Å²) in [4.78, 5) is 43.9. The molecule has 5 rings (SSSR count). The number of benzene rings is 2. The third kappa shape index (κ3) is 5.88. The highest BCUT2D eigenvalue weighted by molar-refractivity contribution is 5.83. The first kappa shape index (κ1) is 27.4. The predicted molar refractivity (Wildman–Crippen MR) is 150 cm³/mol. The highest BCUT2D eigenvalue weighted by Crippen LogP contribution is 2.41. The smallest absolute Gasteiger partial charge is 0.316 e. The van der Waals surface area contributed by atoms with Crippen molar-refractivity contribution >= 4 is 28.5 Å². The number of ether oxygens (including phenoxy) is 2. The maximum Gasteiger partial charge on any atom is 0.316 e. The van der Waals surface area contributed by atoms with E-state index in [0.717, 1.165) is 38.3 Å². The quantitative estimate of drug-likeness (QED) is 0.142. The first-order chi connectivity index (χ1) is 19.9. The lowest BCUT2D eigenvalue weighted by molar-refractivity contribution is -0.385. The summed E-state index contributed by atoms with van der Waals surface area (Å²) < 4.78 is 12.6. The van der Waals surface area contributed by atoms with Crippen LogP contribution < -0.4 is 15.0 Å². The Kier molecular flexibility index (Phi) is 7.94. The molecule has 0 saturated heterocycles. The molecule has 0 unspecified atom stereocenters. The van der Waals surface area contributed by atoms with Crippen molar-refractivity contribution in [1.29, 1.82) is 0 Å². The number of aromatic nitrogens is 3. The van der Waals surface area contributed by atoms with Gasteiger partial charge in [-0.2, -0.15) is 9.78 Å². The van der Waals surface area contributed by atoms with Crippen LogP contribution in [0.4, 0.5) is 11.4 Å². The first-order valence-electron chi connectivity index (χ1n) is 13.1. The van der Waals surface area contributed by atoms with Crippen LogP contribution in [0.25, 0.3) is 10.9 Å². The summed E-state index contributed by atoms with van der Waals surface area (Å²) in [5.41, 5.74) is -0.126. The molecular weight excluding hydrogens is 532 g/mol. The normalized spacial score (nSPS) is 13.9. The summed E-state index contributed by atoms with van der Waals surface area (Å²) >= 11 is 0. The van der Waals surface area contributed by atoms with Gasteiger partial charge in [-0.3, -0.25) is 25.0 Å². The van der Waals surface area contributed by atoms with Crippen molar-refractivity contribution < 1.29 is 19.3 Å². The van der Waals surface area contributed by atoms with Crippen LogP contribution >= 0.6 is 0 Å². The van der Waals surface area contributed by atoms with Crippen LogP contribution in [-0.4, -0.2) is 37.3 Å². The highest BCUT2D eigenvalue weighted by Gasteiger charge is 2.25. The molecule has 0 bridgehead atoms. The van der Waals surface area contributed by atoms with Gasteiger partial charge in [0.15, 0.2) is 5.75 Å². The number of hydrogen-bond donors (Lipinski definition) is 0. The topological polar surface area (TPSA) is 165 Å². The van der Waals surface area contributed by atoms with Crippen LogP contribution in [0.15, 0.2) is 64.6 Å². The first-order valence-corrected chi connectivity index (χ1v) is 13.1. The second-order valence-corrected chi connectivity index (χ2v) is 9.45. The van der Waals surface area contributed by atoms with Gasteiger partial charge in [0, 0.05) is 29.7 Å². The fourth-order valence-corrected chi connectivity index (χ4v) is 4.83. The van der Waals surface area contributed by atoms with Gasteiger partial charge in [0.05, 0.1) is 33.6 Å². The predicted octanol–water partition coefficient (Wildman–Crippen LogP) is 5.73. The van der Waals surface area contributed by atoms with Crippen LogP contribution in [0.5, 0.6) is 17.4 Å². The number of rotatable bonds is 9. The number of fused-ring (bicyclic) bond motifs is 1. The van der Waals surface area contributed by atoms with E-state index >= 15 is 0 Å². The zero-order valence-corrected chi connectivity index (χ0v) is 22.1. The van der Waals surface area contributed by atoms with E-state index in [1.165, 1.54) is 35.2 Å². The van der Waals surface area contributed by atoms with Crippen molar-refractivity contribution in [3.8, 4) is 17.4 Å². The summed E-state index contributed by atoms with van der Waals surface area (Å²) in [5, 5.41) is 27.9. The van der Waals surface area contributed by atoms with Crippen molar-refractivity contribution in [1.82, 2.24) is 14.6 Å². The van der Waals surface area contributed by atoms with Gasteiger partial charge in [-0.25, -0.2) is 9.97 Å². The lowest BCUT2D eigenvalue weighted by Crippen LogP contribution is -2.25. The van der Waals surface area contributed by atoms with Crippen molar-refractivity contribution in [2.45, 2.75) is 44.9 Å². The van der Waals surface area contributed by atoms with E-state index in [1.807, 2.05) is 6.07 Å². The number of nitro benzene ring substituents is 1. The Hall–Kier alpha value is -5.20. The molecule has 210 valence electrons. The standard InChI is InChI=1S/C28H26N6O7/c1-2-40-24-15-18(14-23(34(38)39)26(24)41-25-13-12-20(17-29-25)33(36)37)16-30-32-27(19-8-4-3-5-9-19)31-22-11-7-6-10-21(22)28(32)35/h6-7,10-17,19H,2-5,8-9H2,1H3. The molecule has 1 saturated carbocycles. The van der Waals surface area contributed by atoms with E-state index < -0.39 is 15.5 Å². The van der Waals surface area contributed by atoms with Crippen LogP contribution in [-0.2, 0) is 0 Å². The molecule has 1 fully saturated rings. The molecule has 2 aromatic heterocycles. The summed E-state index contributed by atoms with van der Waals surface area (Å²) in [6.45, 7) is 1.87. The molecule has 13 heteroatoms. The average Bonchev–Trinajstić information content (AvgIpc) is 2.98. The molecule has 4 aromatic rings. The maximum atomic E-state index is 13.5. The Morgan fingerprint density at radius 1 is 1.07 bits per heavy atom. The zero-order chi connectivity index (χ0) is 28.9. The third-order valence-corrected chi connectivity index (χ3v) is 6.76. The molecule has 0 N–H and O–H groups in total. The third-order valence-electron chi connectivity index (χ3n) is 6.76. The number of nitro groups is 2. The number of hydrogen-bond acceptors (Lipinski definition) is 10. The van der Waals surface area contributed by atoms with Crippen molar-refractivity contribution in [3.63, 3.8) is 0 Å². The molecule has 41 heavy (non-hydrogen) atoms. The molecule has 0 spiro atoms. The second-order valence-electron chi connectivity index (χ2n) is 9.45. The van der Waals surface area contributed by atoms with Gasteiger partial charge in [0.25, 0.3) is 11.2 Å². The largest absolute Gasteiger partial charge is 0.490 e. The van der Waals surface area contributed by atoms with Crippen LogP contribution in [0, 0.1) is 20.2 Å². The SMILES string of the molecule is CCOc1cc(C=Nn2c(C3CCCCC3)nc3ccccc3c2=O)cc([N+](=O)[O-])c1Oc1ccc([N+](=O)[O-])cn1. The number of para-hydroxylation sites is 1. The van der Waals surface area contributed by atoms with Gasteiger partial charge in [0.1, 0.15) is 12.0 Å². The molecule has 1 aliphatic rings. The number of nitrogens with zero attached hydrogens (tertiary/aromatic N) is 6. The van der Waals surface area contributed by atoms with Crippen LogP contribution in [0.2, 0.25) is 0 Å². The molecule has 0 amide bonds. The minimum Gasteiger partial charge on any atom is -0.490 e. The van der Waals surface area contributed by atoms with Gasteiger partial charge in [0.2, 0.25) is 11.6 Å². The van der Waals surface area contributed by atoms with Gasteiger partial charge in [-0.1, -0.05) is 31.4 Å². The second kappa shape index (κ2) is 11.9. The molecule has 0 radical (unpaired) electrons. The van der Waals surface area contributed by atoms with Gasteiger partial charge >= 0.3 is 5.69 Å². The van der Waals surface area contributed by atoms with E-state index in [0.29, 0.717) is 22.3 Å². The Balaban J connectivity index is 1.57. The van der Waals surface area contributed by atoms with E-state index in [1.54, 1.807) is 25.1 Å². The molecule has 2 aromatic carbocycles.